The third-order valence-corrected chi connectivity index (χ3v) is 4.34. The van der Waals surface area contributed by atoms with Gasteiger partial charge in [0.25, 0.3) is 11.8 Å². The van der Waals surface area contributed by atoms with Crippen LogP contribution >= 0.6 is 0 Å². The van der Waals surface area contributed by atoms with E-state index in [2.05, 4.69) is 4.90 Å². The van der Waals surface area contributed by atoms with Crippen LogP contribution in [0, 0.1) is 0 Å². The third-order valence-electron chi connectivity index (χ3n) is 4.34. The minimum atomic E-state index is -0.160. The zero-order valence-electron chi connectivity index (χ0n) is 13.2. The number of benzene rings is 1. The summed E-state index contributed by atoms with van der Waals surface area (Å²) in [4.78, 5) is 29.2. The fourth-order valence-electron chi connectivity index (χ4n) is 3.28. The Bertz CT molecular complexity index is 613. The SMILES string of the molecule is CC(C)N1C(=O)C(c2ccccc2)=C(N2CCCCC2)C1=O. The second-order valence-corrected chi connectivity index (χ2v) is 6.21. The van der Waals surface area contributed by atoms with Crippen molar-refractivity contribution in [1.29, 1.82) is 0 Å². The van der Waals surface area contributed by atoms with Crippen LogP contribution in [0.15, 0.2) is 36.0 Å². The lowest BCUT2D eigenvalue weighted by Gasteiger charge is -2.30. The van der Waals surface area contributed by atoms with Crippen molar-refractivity contribution in [2.75, 3.05) is 13.1 Å². The van der Waals surface area contributed by atoms with Crippen molar-refractivity contribution in [3.05, 3.63) is 41.6 Å². The number of amides is 2. The Labute approximate surface area is 131 Å². The van der Waals surface area contributed by atoms with Crippen LogP contribution in [-0.4, -0.2) is 40.7 Å². The van der Waals surface area contributed by atoms with Gasteiger partial charge in [0.15, 0.2) is 0 Å². The van der Waals surface area contributed by atoms with Gasteiger partial charge in [0.05, 0.1) is 5.57 Å². The van der Waals surface area contributed by atoms with Gasteiger partial charge in [-0.2, -0.15) is 0 Å². The molecule has 1 aromatic rings. The lowest BCUT2D eigenvalue weighted by molar-refractivity contribution is -0.139. The number of hydrogen-bond acceptors (Lipinski definition) is 3. The predicted octanol–water partition coefficient (Wildman–Crippen LogP) is 2.66. The molecule has 0 aliphatic carbocycles. The minimum Gasteiger partial charge on any atom is -0.366 e. The lowest BCUT2D eigenvalue weighted by Crippen LogP contribution is -2.40. The number of rotatable bonds is 3. The summed E-state index contributed by atoms with van der Waals surface area (Å²) in [5, 5.41) is 0. The molecule has 2 amide bonds. The number of nitrogens with zero attached hydrogens (tertiary/aromatic N) is 2. The molecule has 0 unspecified atom stereocenters. The van der Waals surface area contributed by atoms with Crippen molar-refractivity contribution in [3.8, 4) is 0 Å². The molecule has 2 heterocycles. The van der Waals surface area contributed by atoms with E-state index in [-0.39, 0.29) is 17.9 Å². The number of carbonyl (C=O) groups excluding carboxylic acids is 2. The summed E-state index contributed by atoms with van der Waals surface area (Å²) in [5.74, 6) is -0.299. The topological polar surface area (TPSA) is 40.6 Å². The van der Waals surface area contributed by atoms with Gasteiger partial charge < -0.3 is 4.90 Å². The molecular formula is C18H22N2O2. The van der Waals surface area contributed by atoms with Crippen LogP contribution in [0.2, 0.25) is 0 Å². The maximum Gasteiger partial charge on any atom is 0.278 e. The van der Waals surface area contributed by atoms with E-state index in [1.165, 1.54) is 11.3 Å². The van der Waals surface area contributed by atoms with E-state index < -0.39 is 0 Å². The maximum atomic E-state index is 12.8. The van der Waals surface area contributed by atoms with E-state index in [9.17, 15) is 9.59 Å². The highest BCUT2D eigenvalue weighted by Gasteiger charge is 2.42. The molecule has 22 heavy (non-hydrogen) atoms. The molecule has 1 fully saturated rings. The summed E-state index contributed by atoms with van der Waals surface area (Å²) >= 11 is 0. The van der Waals surface area contributed by atoms with Gasteiger partial charge in [-0.1, -0.05) is 30.3 Å². The first-order chi connectivity index (χ1) is 10.6. The molecule has 3 rings (SSSR count). The fourth-order valence-corrected chi connectivity index (χ4v) is 3.28. The van der Waals surface area contributed by atoms with Crippen LogP contribution < -0.4 is 0 Å². The van der Waals surface area contributed by atoms with E-state index in [0.717, 1.165) is 31.5 Å². The molecule has 0 saturated carbocycles. The molecule has 1 aromatic carbocycles. The van der Waals surface area contributed by atoms with Crippen LogP contribution in [0.1, 0.15) is 38.7 Å². The fraction of sp³-hybridized carbons (Fsp3) is 0.444. The van der Waals surface area contributed by atoms with Crippen molar-refractivity contribution < 1.29 is 9.59 Å². The molecule has 4 nitrogen and oxygen atoms in total. The highest BCUT2D eigenvalue weighted by Crippen LogP contribution is 2.33. The smallest absolute Gasteiger partial charge is 0.278 e. The Kier molecular flexibility index (Phi) is 4.01. The number of piperidine rings is 1. The number of imide groups is 1. The van der Waals surface area contributed by atoms with Crippen LogP contribution in [0.5, 0.6) is 0 Å². The second-order valence-electron chi connectivity index (χ2n) is 6.21. The maximum absolute atomic E-state index is 12.8. The monoisotopic (exact) mass is 298 g/mol. The van der Waals surface area contributed by atoms with E-state index in [1.54, 1.807) is 0 Å². The van der Waals surface area contributed by atoms with Gasteiger partial charge in [-0.05, 0) is 38.7 Å². The Balaban J connectivity index is 2.09. The quantitative estimate of drug-likeness (QED) is 0.806. The number of likely N-dealkylation sites (tertiary alicyclic amines) is 1. The van der Waals surface area contributed by atoms with Crippen LogP contribution in [0.25, 0.3) is 5.57 Å². The highest BCUT2D eigenvalue weighted by atomic mass is 16.2. The van der Waals surface area contributed by atoms with Gasteiger partial charge in [-0.25, -0.2) is 0 Å². The molecule has 0 atom stereocenters. The van der Waals surface area contributed by atoms with E-state index in [4.69, 9.17) is 0 Å². The molecule has 0 aromatic heterocycles. The molecule has 2 aliphatic heterocycles. The first kappa shape index (κ1) is 14.8. The lowest BCUT2D eigenvalue weighted by atomic mass is 10.0. The zero-order chi connectivity index (χ0) is 15.7. The molecular weight excluding hydrogens is 276 g/mol. The van der Waals surface area contributed by atoms with Crippen molar-refractivity contribution in [1.82, 2.24) is 9.80 Å². The van der Waals surface area contributed by atoms with E-state index in [1.807, 2.05) is 44.2 Å². The van der Waals surface area contributed by atoms with Crippen LogP contribution in [0.3, 0.4) is 0 Å². The predicted molar refractivity (Wildman–Crippen MR) is 85.8 cm³/mol. The van der Waals surface area contributed by atoms with Gasteiger partial charge in [-0.15, -0.1) is 0 Å². The van der Waals surface area contributed by atoms with E-state index >= 15 is 0 Å². The molecule has 116 valence electrons. The van der Waals surface area contributed by atoms with E-state index in [0.29, 0.717) is 11.3 Å². The molecule has 0 N–H and O–H groups in total. The summed E-state index contributed by atoms with van der Waals surface area (Å²) in [6.07, 6.45) is 3.35. The Morgan fingerprint density at radius 3 is 2.14 bits per heavy atom. The number of carbonyl (C=O) groups is 2. The first-order valence-corrected chi connectivity index (χ1v) is 8.04. The van der Waals surface area contributed by atoms with Gasteiger partial charge in [-0.3, -0.25) is 14.5 Å². The average Bonchev–Trinajstić information content (AvgIpc) is 2.80. The summed E-state index contributed by atoms with van der Waals surface area (Å²) in [7, 11) is 0. The molecule has 0 spiro atoms. The molecule has 2 aliphatic rings. The Hall–Kier alpha value is -2.10. The van der Waals surface area contributed by atoms with Gasteiger partial charge >= 0.3 is 0 Å². The Morgan fingerprint density at radius 1 is 0.909 bits per heavy atom. The normalized spacial score (nSPS) is 19.6. The minimum absolute atomic E-state index is 0.124. The van der Waals surface area contributed by atoms with Gasteiger partial charge in [0, 0.05) is 19.1 Å². The number of hydrogen-bond donors (Lipinski definition) is 0. The summed E-state index contributed by atoms with van der Waals surface area (Å²) in [6.45, 7) is 5.49. The second kappa shape index (κ2) is 5.95. The Morgan fingerprint density at radius 2 is 1.55 bits per heavy atom. The first-order valence-electron chi connectivity index (χ1n) is 8.04. The summed E-state index contributed by atoms with van der Waals surface area (Å²) < 4.78 is 0. The molecule has 0 bridgehead atoms. The van der Waals surface area contributed by atoms with Gasteiger partial charge in [0.1, 0.15) is 5.70 Å². The van der Waals surface area contributed by atoms with Crippen molar-refractivity contribution in [2.45, 2.75) is 39.2 Å². The van der Waals surface area contributed by atoms with Crippen LogP contribution in [-0.2, 0) is 9.59 Å². The molecule has 4 heteroatoms. The van der Waals surface area contributed by atoms with Crippen molar-refractivity contribution in [3.63, 3.8) is 0 Å². The van der Waals surface area contributed by atoms with Crippen molar-refractivity contribution >= 4 is 17.4 Å². The zero-order valence-corrected chi connectivity index (χ0v) is 13.2. The summed E-state index contributed by atoms with van der Waals surface area (Å²) in [5.41, 5.74) is 2.01. The molecule has 1 saturated heterocycles. The summed E-state index contributed by atoms with van der Waals surface area (Å²) in [6, 6.07) is 9.44. The average molecular weight is 298 g/mol. The highest BCUT2D eigenvalue weighted by molar-refractivity contribution is 6.35. The molecule has 0 radical (unpaired) electrons. The standard InChI is InChI=1S/C18H22N2O2/c1-13(2)20-17(21)15(14-9-5-3-6-10-14)16(18(20)22)19-11-7-4-8-12-19/h3,5-6,9-10,13H,4,7-8,11-12H2,1-2H3. The van der Waals surface area contributed by atoms with Crippen molar-refractivity contribution in [2.24, 2.45) is 0 Å². The largest absolute Gasteiger partial charge is 0.366 e. The third kappa shape index (κ3) is 2.43. The van der Waals surface area contributed by atoms with Gasteiger partial charge in [0.2, 0.25) is 0 Å². The van der Waals surface area contributed by atoms with Crippen LogP contribution in [0.4, 0.5) is 0 Å².